The topological polar surface area (TPSA) is 55.1 Å². The van der Waals surface area contributed by atoms with E-state index in [4.69, 9.17) is 5.11 Å². The normalized spacial score (nSPS) is 10.8. The summed E-state index contributed by atoms with van der Waals surface area (Å²) in [7, 11) is 0. The Hall–Kier alpha value is -2.17. The van der Waals surface area contributed by atoms with E-state index in [1.165, 1.54) is 12.1 Å². The van der Waals surface area contributed by atoms with Crippen molar-refractivity contribution in [3.63, 3.8) is 0 Å². The van der Waals surface area contributed by atoms with Gasteiger partial charge in [0.25, 0.3) is 0 Å². The second-order valence-corrected chi connectivity index (χ2v) is 4.95. The van der Waals surface area contributed by atoms with Crippen LogP contribution in [0, 0.1) is 26.6 Å². The number of carboxylic acids is 1. The fourth-order valence-electron chi connectivity index (χ4n) is 2.27. The van der Waals surface area contributed by atoms with Gasteiger partial charge >= 0.3 is 5.97 Å². The van der Waals surface area contributed by atoms with Crippen molar-refractivity contribution in [2.75, 3.05) is 0 Å². The molecule has 2 aromatic rings. The van der Waals surface area contributed by atoms with Crippen molar-refractivity contribution in [1.29, 1.82) is 0 Å². The van der Waals surface area contributed by atoms with Crippen molar-refractivity contribution >= 4 is 5.97 Å². The number of hydrogen-bond acceptors (Lipinski definition) is 2. The van der Waals surface area contributed by atoms with E-state index in [0.29, 0.717) is 12.2 Å². The minimum absolute atomic E-state index is 0.0419. The molecule has 0 bridgehead atoms. The molecule has 106 valence electrons. The highest BCUT2D eigenvalue weighted by Crippen LogP contribution is 2.17. The average molecular weight is 276 g/mol. The first kappa shape index (κ1) is 14.2. The molecule has 0 unspecified atom stereocenters. The van der Waals surface area contributed by atoms with Gasteiger partial charge in [0.2, 0.25) is 0 Å². The zero-order valence-corrected chi connectivity index (χ0v) is 11.8. The highest BCUT2D eigenvalue weighted by atomic mass is 19.1. The van der Waals surface area contributed by atoms with Crippen LogP contribution in [0.2, 0.25) is 0 Å². The van der Waals surface area contributed by atoms with Gasteiger partial charge in [0, 0.05) is 11.3 Å². The first-order valence-corrected chi connectivity index (χ1v) is 6.38. The van der Waals surface area contributed by atoms with Crippen LogP contribution in [0.1, 0.15) is 28.1 Å². The maximum atomic E-state index is 13.3. The number of halogens is 1. The number of carboxylic acid groups (broad SMARTS) is 1. The molecule has 4 nitrogen and oxygen atoms in total. The first-order chi connectivity index (χ1) is 9.38. The molecule has 0 atom stereocenters. The van der Waals surface area contributed by atoms with Crippen LogP contribution in [0.25, 0.3) is 0 Å². The van der Waals surface area contributed by atoms with E-state index in [1.807, 2.05) is 13.8 Å². The van der Waals surface area contributed by atoms with Crippen LogP contribution >= 0.6 is 0 Å². The zero-order chi connectivity index (χ0) is 14.9. The van der Waals surface area contributed by atoms with E-state index in [9.17, 15) is 9.18 Å². The number of carbonyl (C=O) groups is 1. The van der Waals surface area contributed by atoms with E-state index in [2.05, 4.69) is 5.10 Å². The van der Waals surface area contributed by atoms with Crippen LogP contribution < -0.4 is 0 Å². The predicted octanol–water partition coefficient (Wildman–Crippen LogP) is 2.62. The Labute approximate surface area is 116 Å². The Kier molecular flexibility index (Phi) is 3.88. The van der Waals surface area contributed by atoms with E-state index in [-0.39, 0.29) is 12.2 Å². The maximum Gasteiger partial charge on any atom is 0.307 e. The van der Waals surface area contributed by atoms with Gasteiger partial charge in [-0.15, -0.1) is 0 Å². The molecule has 2 rings (SSSR count). The number of aliphatic carboxylic acids is 1. The standard InChI is InChI=1S/C15H17FN2O2/c1-9-4-5-13(16)6-12(9)8-18-11(3)14(7-15(19)20)10(2)17-18/h4-6H,7-8H2,1-3H3,(H,19,20). The van der Waals surface area contributed by atoms with Crippen molar-refractivity contribution < 1.29 is 14.3 Å². The number of nitrogens with zero attached hydrogens (tertiary/aromatic N) is 2. The van der Waals surface area contributed by atoms with Gasteiger partial charge < -0.3 is 5.11 Å². The molecule has 0 spiro atoms. The monoisotopic (exact) mass is 276 g/mol. The quantitative estimate of drug-likeness (QED) is 0.934. The minimum Gasteiger partial charge on any atom is -0.481 e. The summed E-state index contributed by atoms with van der Waals surface area (Å²) in [4.78, 5) is 10.9. The first-order valence-electron chi connectivity index (χ1n) is 6.38. The number of aryl methyl sites for hydroxylation is 2. The second-order valence-electron chi connectivity index (χ2n) is 4.95. The van der Waals surface area contributed by atoms with Crippen LogP contribution in [0.5, 0.6) is 0 Å². The third-order valence-corrected chi connectivity index (χ3v) is 3.49. The molecule has 1 aromatic heterocycles. The summed E-state index contributed by atoms with van der Waals surface area (Å²) in [5.41, 5.74) is 4.08. The Morgan fingerprint density at radius 2 is 2.05 bits per heavy atom. The number of hydrogen-bond donors (Lipinski definition) is 1. The van der Waals surface area contributed by atoms with Crippen molar-refractivity contribution in [2.45, 2.75) is 33.7 Å². The third kappa shape index (κ3) is 2.87. The third-order valence-electron chi connectivity index (χ3n) is 3.49. The molecule has 1 N–H and O–H groups in total. The molecule has 1 heterocycles. The highest BCUT2D eigenvalue weighted by Gasteiger charge is 2.15. The van der Waals surface area contributed by atoms with Crippen LogP contribution in [-0.4, -0.2) is 20.9 Å². The summed E-state index contributed by atoms with van der Waals surface area (Å²) in [5.74, 6) is -1.16. The molecular weight excluding hydrogens is 259 g/mol. The molecule has 0 fully saturated rings. The van der Waals surface area contributed by atoms with Gasteiger partial charge in [-0.1, -0.05) is 6.07 Å². The Bertz CT molecular complexity index is 662. The van der Waals surface area contributed by atoms with Crippen LogP contribution in [0.3, 0.4) is 0 Å². The summed E-state index contributed by atoms with van der Waals surface area (Å²) >= 11 is 0. The predicted molar refractivity (Wildman–Crippen MR) is 73.3 cm³/mol. The fourth-order valence-corrected chi connectivity index (χ4v) is 2.27. The summed E-state index contributed by atoms with van der Waals surface area (Å²) in [6.45, 7) is 5.99. The van der Waals surface area contributed by atoms with Gasteiger partial charge in [-0.25, -0.2) is 4.39 Å². The van der Waals surface area contributed by atoms with Crippen molar-refractivity contribution in [3.05, 3.63) is 52.1 Å². The second kappa shape index (κ2) is 5.45. The molecule has 0 aliphatic rings. The van der Waals surface area contributed by atoms with Gasteiger partial charge in [0.1, 0.15) is 5.82 Å². The molecular formula is C15H17FN2O2. The number of benzene rings is 1. The van der Waals surface area contributed by atoms with E-state index in [0.717, 1.165) is 22.4 Å². The summed E-state index contributed by atoms with van der Waals surface area (Å²) < 4.78 is 15.0. The van der Waals surface area contributed by atoms with Gasteiger partial charge in [-0.3, -0.25) is 9.48 Å². The van der Waals surface area contributed by atoms with Gasteiger partial charge in [0.15, 0.2) is 0 Å². The highest BCUT2D eigenvalue weighted by molar-refractivity contribution is 5.70. The smallest absolute Gasteiger partial charge is 0.307 e. The molecule has 1 aromatic carbocycles. The van der Waals surface area contributed by atoms with E-state index in [1.54, 1.807) is 17.7 Å². The largest absolute Gasteiger partial charge is 0.481 e. The molecule has 0 aliphatic heterocycles. The lowest BCUT2D eigenvalue weighted by Crippen LogP contribution is -2.07. The lowest BCUT2D eigenvalue weighted by molar-refractivity contribution is -0.136. The van der Waals surface area contributed by atoms with Crippen molar-refractivity contribution in [2.24, 2.45) is 0 Å². The Morgan fingerprint density at radius 3 is 2.70 bits per heavy atom. The van der Waals surface area contributed by atoms with Crippen molar-refractivity contribution in [3.8, 4) is 0 Å². The van der Waals surface area contributed by atoms with E-state index >= 15 is 0 Å². The molecule has 5 heteroatoms. The molecule has 0 saturated carbocycles. The average Bonchev–Trinajstić information content (AvgIpc) is 2.61. The van der Waals surface area contributed by atoms with Gasteiger partial charge in [-0.2, -0.15) is 5.10 Å². The molecule has 20 heavy (non-hydrogen) atoms. The lowest BCUT2D eigenvalue weighted by Gasteiger charge is -2.08. The minimum atomic E-state index is -0.877. The molecule has 0 amide bonds. The van der Waals surface area contributed by atoms with E-state index < -0.39 is 5.97 Å². The Balaban J connectivity index is 2.35. The summed E-state index contributed by atoms with van der Waals surface area (Å²) in [6.07, 6.45) is -0.0419. The van der Waals surface area contributed by atoms with Gasteiger partial charge in [0.05, 0.1) is 18.7 Å². The molecule has 0 saturated heterocycles. The number of aromatic nitrogens is 2. The molecule has 0 radical (unpaired) electrons. The molecule has 0 aliphatic carbocycles. The summed E-state index contributed by atoms with van der Waals surface area (Å²) in [5, 5.41) is 13.3. The fraction of sp³-hybridized carbons (Fsp3) is 0.333. The maximum absolute atomic E-state index is 13.3. The van der Waals surface area contributed by atoms with Crippen molar-refractivity contribution in [1.82, 2.24) is 9.78 Å². The zero-order valence-electron chi connectivity index (χ0n) is 11.8. The van der Waals surface area contributed by atoms with Crippen LogP contribution in [0.15, 0.2) is 18.2 Å². The SMILES string of the molecule is Cc1ccc(F)cc1Cn1nc(C)c(CC(=O)O)c1C. The lowest BCUT2D eigenvalue weighted by atomic mass is 10.1. The number of rotatable bonds is 4. The Morgan fingerprint density at radius 1 is 1.35 bits per heavy atom. The summed E-state index contributed by atoms with van der Waals surface area (Å²) in [6, 6.07) is 4.65. The van der Waals surface area contributed by atoms with Gasteiger partial charge in [-0.05, 0) is 44.0 Å². The van der Waals surface area contributed by atoms with Crippen LogP contribution in [-0.2, 0) is 17.8 Å². The van der Waals surface area contributed by atoms with Crippen LogP contribution in [0.4, 0.5) is 4.39 Å².